The number of nitrogens with two attached hydrogens (primary N) is 1. The van der Waals surface area contributed by atoms with Gasteiger partial charge in [-0.2, -0.15) is 4.98 Å². The summed E-state index contributed by atoms with van der Waals surface area (Å²) in [7, 11) is 1.97. The molecule has 88 valence electrons. The van der Waals surface area contributed by atoms with Crippen molar-refractivity contribution in [3.8, 4) is 0 Å². The van der Waals surface area contributed by atoms with Crippen molar-refractivity contribution in [2.75, 3.05) is 17.7 Å². The Morgan fingerprint density at radius 2 is 1.94 bits per heavy atom. The van der Waals surface area contributed by atoms with Crippen molar-refractivity contribution in [3.05, 3.63) is 41.9 Å². The van der Waals surface area contributed by atoms with Gasteiger partial charge in [-0.15, -0.1) is 0 Å². The molecule has 0 saturated heterocycles. The summed E-state index contributed by atoms with van der Waals surface area (Å²) in [6.45, 7) is 2.67. The maximum Gasteiger partial charge on any atom is 0.222 e. The standard InChI is InChI=1S/C12H15N5/c1-9-7-11(16-12(13)15-9)17(2)8-10-3-5-14-6-4-10/h3-7H,8H2,1-2H3,(H2,13,15,16). The van der Waals surface area contributed by atoms with E-state index in [0.717, 1.165) is 18.1 Å². The van der Waals surface area contributed by atoms with E-state index in [1.54, 1.807) is 12.4 Å². The van der Waals surface area contributed by atoms with Crippen LogP contribution in [0.5, 0.6) is 0 Å². The molecule has 0 saturated carbocycles. The van der Waals surface area contributed by atoms with Crippen LogP contribution in [0.25, 0.3) is 0 Å². The van der Waals surface area contributed by atoms with Gasteiger partial charge in [0.1, 0.15) is 5.82 Å². The monoisotopic (exact) mass is 229 g/mol. The Kier molecular flexibility index (Phi) is 3.18. The lowest BCUT2D eigenvalue weighted by Crippen LogP contribution is -2.18. The van der Waals surface area contributed by atoms with E-state index in [2.05, 4.69) is 15.0 Å². The first-order valence-corrected chi connectivity index (χ1v) is 5.36. The van der Waals surface area contributed by atoms with Crippen molar-refractivity contribution in [1.29, 1.82) is 0 Å². The maximum absolute atomic E-state index is 5.63. The second-order valence-corrected chi connectivity index (χ2v) is 3.94. The molecule has 0 aromatic carbocycles. The summed E-state index contributed by atoms with van der Waals surface area (Å²) in [5.74, 6) is 1.13. The summed E-state index contributed by atoms with van der Waals surface area (Å²) in [4.78, 5) is 14.3. The van der Waals surface area contributed by atoms with Crippen LogP contribution in [0, 0.1) is 6.92 Å². The van der Waals surface area contributed by atoms with Crippen LogP contribution >= 0.6 is 0 Å². The molecular formula is C12H15N5. The molecular weight excluding hydrogens is 214 g/mol. The van der Waals surface area contributed by atoms with Gasteiger partial charge in [0.25, 0.3) is 0 Å². The minimum absolute atomic E-state index is 0.307. The zero-order valence-electron chi connectivity index (χ0n) is 9.96. The molecule has 2 rings (SSSR count). The SMILES string of the molecule is Cc1cc(N(C)Cc2ccncc2)nc(N)n1. The van der Waals surface area contributed by atoms with Gasteiger partial charge < -0.3 is 10.6 Å². The fourth-order valence-electron chi connectivity index (χ4n) is 1.61. The largest absolute Gasteiger partial charge is 0.368 e. The molecule has 0 aliphatic carbocycles. The molecule has 0 aliphatic heterocycles. The second-order valence-electron chi connectivity index (χ2n) is 3.94. The Labute approximate surface area is 100 Å². The van der Waals surface area contributed by atoms with Crippen LogP contribution in [0.15, 0.2) is 30.6 Å². The predicted octanol–water partition coefficient (Wildman–Crippen LogP) is 1.40. The Balaban J connectivity index is 2.17. The first-order valence-electron chi connectivity index (χ1n) is 5.36. The Morgan fingerprint density at radius 3 is 2.59 bits per heavy atom. The topological polar surface area (TPSA) is 67.9 Å². The molecule has 0 fully saturated rings. The van der Waals surface area contributed by atoms with Crippen LogP contribution in [0.4, 0.5) is 11.8 Å². The molecule has 0 atom stereocenters. The van der Waals surface area contributed by atoms with E-state index in [0.29, 0.717) is 5.95 Å². The Morgan fingerprint density at radius 1 is 1.24 bits per heavy atom. The molecule has 0 radical (unpaired) electrons. The van der Waals surface area contributed by atoms with Gasteiger partial charge in [-0.25, -0.2) is 4.98 Å². The van der Waals surface area contributed by atoms with Crippen LogP contribution < -0.4 is 10.6 Å². The van der Waals surface area contributed by atoms with Gasteiger partial charge in [0.05, 0.1) is 0 Å². The third-order valence-corrected chi connectivity index (χ3v) is 2.42. The van der Waals surface area contributed by atoms with Crippen molar-refractivity contribution in [2.24, 2.45) is 0 Å². The molecule has 2 N–H and O–H groups in total. The average Bonchev–Trinajstić information content (AvgIpc) is 2.29. The third-order valence-electron chi connectivity index (χ3n) is 2.42. The molecule has 0 spiro atoms. The number of pyridine rings is 1. The van der Waals surface area contributed by atoms with E-state index < -0.39 is 0 Å². The van der Waals surface area contributed by atoms with Crippen LogP contribution in [0.3, 0.4) is 0 Å². The van der Waals surface area contributed by atoms with Crippen molar-refractivity contribution in [3.63, 3.8) is 0 Å². The maximum atomic E-state index is 5.63. The summed E-state index contributed by atoms with van der Waals surface area (Å²) in [5, 5.41) is 0. The zero-order chi connectivity index (χ0) is 12.3. The number of anilines is 2. The zero-order valence-corrected chi connectivity index (χ0v) is 9.96. The highest BCUT2D eigenvalue weighted by Crippen LogP contribution is 2.14. The first-order chi connectivity index (χ1) is 8.15. The van der Waals surface area contributed by atoms with Crippen molar-refractivity contribution < 1.29 is 0 Å². The van der Waals surface area contributed by atoms with Crippen LogP contribution in [0.1, 0.15) is 11.3 Å². The lowest BCUT2D eigenvalue weighted by Gasteiger charge is -2.18. The molecule has 5 nitrogen and oxygen atoms in total. The lowest BCUT2D eigenvalue weighted by atomic mass is 10.2. The fraction of sp³-hybridized carbons (Fsp3) is 0.250. The van der Waals surface area contributed by atoms with Gasteiger partial charge in [0.2, 0.25) is 5.95 Å². The van der Waals surface area contributed by atoms with Gasteiger partial charge in [-0.3, -0.25) is 4.98 Å². The molecule has 0 amide bonds. The van der Waals surface area contributed by atoms with Crippen molar-refractivity contribution >= 4 is 11.8 Å². The van der Waals surface area contributed by atoms with Crippen molar-refractivity contribution in [1.82, 2.24) is 15.0 Å². The van der Waals surface area contributed by atoms with Gasteiger partial charge in [-0.05, 0) is 24.6 Å². The Bertz CT molecular complexity index is 477. The molecule has 2 aromatic heterocycles. The minimum Gasteiger partial charge on any atom is -0.368 e. The van der Waals surface area contributed by atoms with Crippen LogP contribution in [-0.4, -0.2) is 22.0 Å². The van der Waals surface area contributed by atoms with E-state index in [1.807, 2.05) is 37.1 Å². The van der Waals surface area contributed by atoms with E-state index in [1.165, 1.54) is 5.56 Å². The second kappa shape index (κ2) is 4.78. The van der Waals surface area contributed by atoms with Gasteiger partial charge in [0, 0.05) is 37.7 Å². The minimum atomic E-state index is 0.307. The quantitative estimate of drug-likeness (QED) is 0.861. The molecule has 0 unspecified atom stereocenters. The van der Waals surface area contributed by atoms with Gasteiger partial charge in [-0.1, -0.05) is 0 Å². The lowest BCUT2D eigenvalue weighted by molar-refractivity contribution is 0.887. The molecule has 17 heavy (non-hydrogen) atoms. The molecule has 0 bridgehead atoms. The van der Waals surface area contributed by atoms with E-state index in [-0.39, 0.29) is 0 Å². The van der Waals surface area contributed by atoms with E-state index >= 15 is 0 Å². The normalized spacial score (nSPS) is 10.2. The summed E-state index contributed by atoms with van der Waals surface area (Å²) in [6, 6.07) is 5.87. The van der Waals surface area contributed by atoms with Gasteiger partial charge in [0.15, 0.2) is 0 Å². The van der Waals surface area contributed by atoms with Crippen LogP contribution in [0.2, 0.25) is 0 Å². The predicted molar refractivity (Wildman–Crippen MR) is 67.5 cm³/mol. The average molecular weight is 229 g/mol. The third kappa shape index (κ3) is 2.90. The number of nitrogen functional groups attached to an aromatic ring is 1. The molecule has 2 aromatic rings. The number of hydrogen-bond donors (Lipinski definition) is 1. The fourth-order valence-corrected chi connectivity index (χ4v) is 1.61. The number of hydrogen-bond acceptors (Lipinski definition) is 5. The molecule has 5 heteroatoms. The number of aryl methyl sites for hydroxylation is 1. The molecule has 2 heterocycles. The highest BCUT2D eigenvalue weighted by atomic mass is 15.2. The Hall–Kier alpha value is -2.17. The van der Waals surface area contributed by atoms with Gasteiger partial charge >= 0.3 is 0 Å². The first kappa shape index (κ1) is 11.3. The molecule has 0 aliphatic rings. The summed E-state index contributed by atoms with van der Waals surface area (Å²) in [5.41, 5.74) is 7.68. The number of rotatable bonds is 3. The van der Waals surface area contributed by atoms with E-state index in [9.17, 15) is 0 Å². The summed E-state index contributed by atoms with van der Waals surface area (Å²) >= 11 is 0. The summed E-state index contributed by atoms with van der Waals surface area (Å²) in [6.07, 6.45) is 3.56. The number of aromatic nitrogens is 3. The highest BCUT2D eigenvalue weighted by molar-refractivity contribution is 5.43. The highest BCUT2D eigenvalue weighted by Gasteiger charge is 2.05. The summed E-state index contributed by atoms with van der Waals surface area (Å²) < 4.78 is 0. The van der Waals surface area contributed by atoms with Crippen molar-refractivity contribution in [2.45, 2.75) is 13.5 Å². The number of nitrogens with zero attached hydrogens (tertiary/aromatic N) is 4. The van der Waals surface area contributed by atoms with E-state index in [4.69, 9.17) is 5.73 Å². The van der Waals surface area contributed by atoms with Crippen LogP contribution in [-0.2, 0) is 6.54 Å². The smallest absolute Gasteiger partial charge is 0.222 e.